The Balaban J connectivity index is 3.32. The second kappa shape index (κ2) is 3.85. The Morgan fingerprint density at radius 2 is 2.00 bits per heavy atom. The normalized spacial score (nSPS) is 9.25. The van der Waals surface area contributed by atoms with Gasteiger partial charge in [0, 0.05) is 6.07 Å². The fourth-order valence-corrected chi connectivity index (χ4v) is 1.06. The molecular weight excluding hydrogens is 248 g/mol. The zero-order valence-electron chi connectivity index (χ0n) is 5.64. The number of thiocarbonyl (C=S) groups is 1. The molecule has 0 amide bonds. The number of rotatable bonds is 1. The number of aliphatic imine (C=N–C) groups is 1. The fourth-order valence-electron chi connectivity index (χ4n) is 0.647. The quantitative estimate of drug-likeness (QED) is 0.422. The van der Waals surface area contributed by atoms with E-state index in [1.54, 1.807) is 0 Å². The molecule has 0 aromatic heterocycles. The maximum absolute atomic E-state index is 12.8. The molecule has 0 radical (unpaired) electrons. The van der Waals surface area contributed by atoms with Crippen LogP contribution in [-0.2, 0) is 0 Å². The van der Waals surface area contributed by atoms with Crippen LogP contribution in [0.15, 0.2) is 21.6 Å². The Hall–Kier alpha value is -0.640. The summed E-state index contributed by atoms with van der Waals surface area (Å²) in [7, 11) is 0. The molecule has 0 spiro atoms. The van der Waals surface area contributed by atoms with Crippen molar-refractivity contribution in [3.8, 4) is 0 Å². The molecule has 1 rings (SSSR count). The van der Waals surface area contributed by atoms with Crippen molar-refractivity contribution in [1.29, 1.82) is 0 Å². The van der Waals surface area contributed by atoms with Crippen LogP contribution < -0.4 is 0 Å². The molecule has 0 saturated heterocycles. The van der Waals surface area contributed by atoms with Crippen molar-refractivity contribution < 1.29 is 8.78 Å². The molecule has 1 nitrogen and oxygen atoms in total. The first-order chi connectivity index (χ1) is 5.65. The first-order valence-corrected chi connectivity index (χ1v) is 4.07. The standard InChI is InChI=1S/C7H2BrF2NS/c8-4-1-6(10)7(11-3-12)2-5(4)9/h1-2H. The Labute approximate surface area is 81.2 Å². The van der Waals surface area contributed by atoms with E-state index in [1.165, 1.54) is 0 Å². The summed E-state index contributed by atoms with van der Waals surface area (Å²) in [4.78, 5) is 3.34. The third-order valence-electron chi connectivity index (χ3n) is 1.16. The largest absolute Gasteiger partial charge is 0.206 e. The molecule has 12 heavy (non-hydrogen) atoms. The summed E-state index contributed by atoms with van der Waals surface area (Å²) < 4.78 is 25.6. The van der Waals surface area contributed by atoms with E-state index in [2.05, 4.69) is 33.1 Å². The highest BCUT2D eigenvalue weighted by atomic mass is 79.9. The minimum atomic E-state index is -0.638. The Bertz CT molecular complexity index is 361. The number of nitrogens with zero attached hydrogens (tertiary/aromatic N) is 1. The van der Waals surface area contributed by atoms with E-state index >= 15 is 0 Å². The van der Waals surface area contributed by atoms with E-state index in [9.17, 15) is 8.78 Å². The average Bonchev–Trinajstić information content (AvgIpc) is 2.01. The van der Waals surface area contributed by atoms with E-state index in [1.807, 2.05) is 5.16 Å². The van der Waals surface area contributed by atoms with Gasteiger partial charge in [-0.25, -0.2) is 8.78 Å². The van der Waals surface area contributed by atoms with Gasteiger partial charge in [-0.3, -0.25) is 0 Å². The molecule has 5 heteroatoms. The molecule has 0 aliphatic rings. The van der Waals surface area contributed by atoms with Crippen LogP contribution in [0.5, 0.6) is 0 Å². The highest BCUT2D eigenvalue weighted by Gasteiger charge is 2.06. The van der Waals surface area contributed by atoms with Crippen molar-refractivity contribution in [3.63, 3.8) is 0 Å². The lowest BCUT2D eigenvalue weighted by Gasteiger charge is -1.96. The lowest BCUT2D eigenvalue weighted by molar-refractivity contribution is 0.596. The smallest absolute Gasteiger partial charge is 0.150 e. The van der Waals surface area contributed by atoms with Gasteiger partial charge in [-0.15, -0.1) is 0 Å². The van der Waals surface area contributed by atoms with Crippen LogP contribution in [0, 0.1) is 11.6 Å². The minimum absolute atomic E-state index is 0.0586. The summed E-state index contributed by atoms with van der Waals surface area (Å²) in [5, 5.41) is 1.96. The molecular formula is C7H2BrF2NS. The van der Waals surface area contributed by atoms with Gasteiger partial charge in [-0.2, -0.15) is 4.99 Å². The summed E-state index contributed by atoms with van der Waals surface area (Å²) in [6, 6.07) is 1.93. The van der Waals surface area contributed by atoms with Gasteiger partial charge in [0.15, 0.2) is 5.82 Å². The topological polar surface area (TPSA) is 12.4 Å². The highest BCUT2D eigenvalue weighted by Crippen LogP contribution is 2.24. The summed E-state index contributed by atoms with van der Waals surface area (Å²) in [5.74, 6) is -1.22. The van der Waals surface area contributed by atoms with Crippen LogP contribution in [-0.4, -0.2) is 5.16 Å². The number of benzene rings is 1. The fraction of sp³-hybridized carbons (Fsp3) is 0. The zero-order chi connectivity index (χ0) is 9.14. The predicted molar refractivity (Wildman–Crippen MR) is 48.7 cm³/mol. The lowest BCUT2D eigenvalue weighted by Crippen LogP contribution is -1.81. The third kappa shape index (κ3) is 1.94. The molecule has 62 valence electrons. The van der Waals surface area contributed by atoms with Crippen LogP contribution in [0.4, 0.5) is 14.5 Å². The third-order valence-corrected chi connectivity index (χ3v) is 1.85. The molecule has 0 fully saturated rings. The molecule has 0 aliphatic heterocycles. The number of halogens is 3. The lowest BCUT2D eigenvalue weighted by atomic mass is 10.3. The molecule has 0 bridgehead atoms. The monoisotopic (exact) mass is 249 g/mol. The molecule has 1 aromatic rings. The second-order valence-electron chi connectivity index (χ2n) is 1.92. The molecule has 0 saturated carbocycles. The number of hydrogen-bond acceptors (Lipinski definition) is 2. The van der Waals surface area contributed by atoms with Gasteiger partial charge in [0.25, 0.3) is 0 Å². The van der Waals surface area contributed by atoms with E-state index < -0.39 is 11.6 Å². The van der Waals surface area contributed by atoms with Crippen LogP contribution in [0.2, 0.25) is 0 Å². The average molecular weight is 250 g/mol. The van der Waals surface area contributed by atoms with Gasteiger partial charge in [-0.05, 0) is 34.2 Å². The van der Waals surface area contributed by atoms with Gasteiger partial charge in [0.05, 0.1) is 9.63 Å². The van der Waals surface area contributed by atoms with Crippen molar-refractivity contribution in [1.82, 2.24) is 0 Å². The van der Waals surface area contributed by atoms with Crippen LogP contribution in [0.3, 0.4) is 0 Å². The molecule has 0 atom stereocenters. The van der Waals surface area contributed by atoms with E-state index in [-0.39, 0.29) is 10.2 Å². The van der Waals surface area contributed by atoms with Crippen molar-refractivity contribution in [2.45, 2.75) is 0 Å². The Morgan fingerprint density at radius 1 is 1.33 bits per heavy atom. The predicted octanol–water partition coefficient (Wildman–Crippen LogP) is 3.46. The summed E-state index contributed by atoms with van der Waals surface area (Å²) in [6.07, 6.45) is 0. The molecule has 0 aliphatic carbocycles. The highest BCUT2D eigenvalue weighted by molar-refractivity contribution is 9.10. The SMILES string of the molecule is Fc1cc(N=C=S)c(F)cc1Br. The van der Waals surface area contributed by atoms with E-state index in [0.29, 0.717) is 0 Å². The minimum Gasteiger partial charge on any atom is -0.206 e. The first-order valence-electron chi connectivity index (χ1n) is 2.87. The Kier molecular flexibility index (Phi) is 3.03. The summed E-state index contributed by atoms with van der Waals surface area (Å²) >= 11 is 7.08. The second-order valence-corrected chi connectivity index (χ2v) is 2.96. The van der Waals surface area contributed by atoms with Crippen LogP contribution >= 0.6 is 28.1 Å². The van der Waals surface area contributed by atoms with E-state index in [4.69, 9.17) is 0 Å². The van der Waals surface area contributed by atoms with Gasteiger partial charge in [-0.1, -0.05) is 0 Å². The number of isothiocyanates is 1. The van der Waals surface area contributed by atoms with E-state index in [0.717, 1.165) is 12.1 Å². The molecule has 0 unspecified atom stereocenters. The summed E-state index contributed by atoms with van der Waals surface area (Å²) in [6.45, 7) is 0. The van der Waals surface area contributed by atoms with Crippen molar-refractivity contribution in [2.75, 3.05) is 0 Å². The van der Waals surface area contributed by atoms with Gasteiger partial charge in [0.2, 0.25) is 0 Å². The van der Waals surface area contributed by atoms with Gasteiger partial charge < -0.3 is 0 Å². The molecule has 1 aromatic carbocycles. The van der Waals surface area contributed by atoms with Gasteiger partial charge >= 0.3 is 0 Å². The van der Waals surface area contributed by atoms with Crippen molar-refractivity contribution >= 4 is 39.0 Å². The first kappa shape index (κ1) is 9.45. The van der Waals surface area contributed by atoms with Crippen LogP contribution in [0.1, 0.15) is 0 Å². The summed E-state index contributed by atoms with van der Waals surface area (Å²) in [5.41, 5.74) is -0.147. The zero-order valence-corrected chi connectivity index (χ0v) is 8.05. The maximum atomic E-state index is 12.8. The Morgan fingerprint density at radius 3 is 2.58 bits per heavy atom. The maximum Gasteiger partial charge on any atom is 0.150 e. The van der Waals surface area contributed by atoms with Gasteiger partial charge in [0.1, 0.15) is 11.5 Å². The molecule has 0 heterocycles. The van der Waals surface area contributed by atoms with Crippen molar-refractivity contribution in [2.24, 2.45) is 4.99 Å². The van der Waals surface area contributed by atoms with Crippen molar-refractivity contribution in [3.05, 3.63) is 28.2 Å². The number of hydrogen-bond donors (Lipinski definition) is 0. The molecule has 0 N–H and O–H groups in total. The van der Waals surface area contributed by atoms with Crippen LogP contribution in [0.25, 0.3) is 0 Å².